The van der Waals surface area contributed by atoms with Crippen molar-refractivity contribution in [1.29, 1.82) is 0 Å². The Kier molecular flexibility index (Phi) is 2.10. The normalized spacial score (nSPS) is 11.1. The third kappa shape index (κ3) is 1.16. The highest BCUT2D eigenvalue weighted by Crippen LogP contribution is 2.26. The van der Waals surface area contributed by atoms with Crippen LogP contribution in [0.4, 0.5) is 0 Å². The van der Waals surface area contributed by atoms with E-state index in [4.69, 9.17) is 0 Å². The Morgan fingerprint density at radius 3 is 2.50 bits per heavy atom. The van der Waals surface area contributed by atoms with Crippen LogP contribution in [-0.2, 0) is 6.42 Å². The van der Waals surface area contributed by atoms with E-state index in [2.05, 4.69) is 44.8 Å². The summed E-state index contributed by atoms with van der Waals surface area (Å²) in [7, 11) is 0. The van der Waals surface area contributed by atoms with E-state index >= 15 is 0 Å². The van der Waals surface area contributed by atoms with Crippen LogP contribution in [-0.4, -0.2) is 4.98 Å². The van der Waals surface area contributed by atoms with Crippen molar-refractivity contribution in [3.05, 3.63) is 34.5 Å². The molecule has 2 rings (SSSR count). The van der Waals surface area contributed by atoms with Crippen LogP contribution in [0.3, 0.4) is 0 Å². The van der Waals surface area contributed by atoms with Crippen molar-refractivity contribution in [2.75, 3.05) is 0 Å². The van der Waals surface area contributed by atoms with Gasteiger partial charge in [0.25, 0.3) is 0 Å². The molecule has 2 aromatic rings. The van der Waals surface area contributed by atoms with Gasteiger partial charge in [-0.3, -0.25) is 0 Å². The van der Waals surface area contributed by atoms with Gasteiger partial charge in [0.15, 0.2) is 0 Å². The van der Waals surface area contributed by atoms with Crippen LogP contribution in [0.5, 0.6) is 0 Å². The third-order valence-corrected chi connectivity index (χ3v) is 3.18. The second-order valence-electron chi connectivity index (χ2n) is 4.01. The minimum absolute atomic E-state index is 1.11. The van der Waals surface area contributed by atoms with Crippen LogP contribution in [0.25, 0.3) is 10.9 Å². The van der Waals surface area contributed by atoms with Gasteiger partial charge >= 0.3 is 0 Å². The Balaban J connectivity index is 2.87. The summed E-state index contributed by atoms with van der Waals surface area (Å²) in [6.07, 6.45) is 1.11. The number of nitrogens with one attached hydrogen (secondary N) is 1. The predicted molar refractivity (Wildman–Crippen MR) is 61.9 cm³/mol. The molecule has 0 bridgehead atoms. The summed E-state index contributed by atoms with van der Waals surface area (Å²) < 4.78 is 0. The lowest BCUT2D eigenvalue weighted by molar-refractivity contribution is 1.11. The van der Waals surface area contributed by atoms with Gasteiger partial charge in [-0.1, -0.05) is 19.1 Å². The Labute approximate surface area is 85.1 Å². The van der Waals surface area contributed by atoms with Crippen LogP contribution in [0.15, 0.2) is 12.1 Å². The minimum Gasteiger partial charge on any atom is -0.358 e. The van der Waals surface area contributed by atoms with Crippen LogP contribution in [0, 0.1) is 20.8 Å². The molecule has 1 aromatic carbocycles. The second-order valence-corrected chi connectivity index (χ2v) is 4.01. The average molecular weight is 187 g/mol. The summed E-state index contributed by atoms with van der Waals surface area (Å²) in [5.74, 6) is 0. The van der Waals surface area contributed by atoms with Gasteiger partial charge in [-0.05, 0) is 43.9 Å². The maximum atomic E-state index is 3.49. The number of hydrogen-bond acceptors (Lipinski definition) is 0. The zero-order valence-electron chi connectivity index (χ0n) is 9.36. The molecule has 0 spiro atoms. The standard InChI is InChI=1S/C13H17N/c1-5-11-10(4)14-13-9(3)8(2)6-7-12(11)13/h6-7,14H,5H2,1-4H3. The number of aryl methyl sites for hydroxylation is 4. The number of aromatic amines is 1. The van der Waals surface area contributed by atoms with E-state index in [0.717, 1.165) is 6.42 Å². The van der Waals surface area contributed by atoms with Crippen LogP contribution in [0.1, 0.15) is 29.3 Å². The molecule has 1 aromatic heterocycles. The maximum absolute atomic E-state index is 3.49. The van der Waals surface area contributed by atoms with Gasteiger partial charge in [-0.25, -0.2) is 0 Å². The van der Waals surface area contributed by atoms with Crippen molar-refractivity contribution < 1.29 is 0 Å². The van der Waals surface area contributed by atoms with Gasteiger partial charge in [-0.15, -0.1) is 0 Å². The summed E-state index contributed by atoms with van der Waals surface area (Å²) in [6.45, 7) is 8.72. The number of fused-ring (bicyclic) bond motifs is 1. The third-order valence-electron chi connectivity index (χ3n) is 3.18. The van der Waals surface area contributed by atoms with E-state index < -0.39 is 0 Å². The average Bonchev–Trinajstić information content (AvgIpc) is 2.49. The van der Waals surface area contributed by atoms with E-state index in [1.54, 1.807) is 0 Å². The summed E-state index contributed by atoms with van der Waals surface area (Å²) >= 11 is 0. The molecule has 0 atom stereocenters. The van der Waals surface area contributed by atoms with Crippen molar-refractivity contribution in [1.82, 2.24) is 4.98 Å². The highest BCUT2D eigenvalue weighted by Gasteiger charge is 2.08. The molecule has 0 radical (unpaired) electrons. The quantitative estimate of drug-likeness (QED) is 0.701. The van der Waals surface area contributed by atoms with Crippen LogP contribution in [0.2, 0.25) is 0 Å². The van der Waals surface area contributed by atoms with Gasteiger partial charge in [0, 0.05) is 16.6 Å². The van der Waals surface area contributed by atoms with E-state index in [-0.39, 0.29) is 0 Å². The zero-order valence-corrected chi connectivity index (χ0v) is 9.36. The summed E-state index contributed by atoms with van der Waals surface area (Å²) in [4.78, 5) is 3.49. The molecular weight excluding hydrogens is 170 g/mol. The van der Waals surface area contributed by atoms with Crippen LogP contribution < -0.4 is 0 Å². The fourth-order valence-corrected chi connectivity index (χ4v) is 2.15. The second kappa shape index (κ2) is 3.16. The van der Waals surface area contributed by atoms with E-state index in [1.807, 2.05) is 0 Å². The van der Waals surface area contributed by atoms with Gasteiger partial charge < -0.3 is 4.98 Å². The monoisotopic (exact) mass is 187 g/mol. The first kappa shape index (κ1) is 9.32. The molecular formula is C13H17N. The van der Waals surface area contributed by atoms with E-state index in [0.29, 0.717) is 0 Å². The van der Waals surface area contributed by atoms with Crippen molar-refractivity contribution in [3.63, 3.8) is 0 Å². The molecule has 0 aliphatic rings. The van der Waals surface area contributed by atoms with Gasteiger partial charge in [-0.2, -0.15) is 0 Å². The summed E-state index contributed by atoms with van der Waals surface area (Å²) in [6, 6.07) is 4.45. The van der Waals surface area contributed by atoms with Crippen molar-refractivity contribution in [2.45, 2.75) is 34.1 Å². The summed E-state index contributed by atoms with van der Waals surface area (Å²) in [5, 5.41) is 1.40. The van der Waals surface area contributed by atoms with Crippen LogP contribution >= 0.6 is 0 Å². The molecule has 0 unspecified atom stereocenters. The molecule has 1 N–H and O–H groups in total. The maximum Gasteiger partial charge on any atom is 0.0491 e. The molecule has 0 aliphatic heterocycles. The molecule has 0 fully saturated rings. The molecule has 1 heterocycles. The molecule has 0 aliphatic carbocycles. The van der Waals surface area contributed by atoms with Crippen molar-refractivity contribution >= 4 is 10.9 Å². The number of hydrogen-bond donors (Lipinski definition) is 1. The number of rotatable bonds is 1. The first-order valence-electron chi connectivity index (χ1n) is 5.22. The largest absolute Gasteiger partial charge is 0.358 e. The molecule has 1 nitrogen and oxygen atoms in total. The fourth-order valence-electron chi connectivity index (χ4n) is 2.15. The molecule has 0 saturated carbocycles. The number of benzene rings is 1. The highest BCUT2D eigenvalue weighted by atomic mass is 14.7. The lowest BCUT2D eigenvalue weighted by Gasteiger charge is -2.01. The summed E-state index contributed by atoms with van der Waals surface area (Å²) in [5.41, 5.74) is 6.84. The van der Waals surface area contributed by atoms with Gasteiger partial charge in [0.05, 0.1) is 0 Å². The lowest BCUT2D eigenvalue weighted by atomic mass is 10.0. The van der Waals surface area contributed by atoms with Crippen molar-refractivity contribution in [2.24, 2.45) is 0 Å². The SMILES string of the molecule is CCc1c(C)[nH]c2c(C)c(C)ccc12. The molecule has 0 saturated heterocycles. The molecule has 1 heteroatoms. The topological polar surface area (TPSA) is 15.8 Å². The molecule has 0 amide bonds. The Bertz CT molecular complexity index is 477. The van der Waals surface area contributed by atoms with Gasteiger partial charge in [0.2, 0.25) is 0 Å². The molecule has 74 valence electrons. The zero-order chi connectivity index (χ0) is 10.3. The van der Waals surface area contributed by atoms with Crippen molar-refractivity contribution in [3.8, 4) is 0 Å². The predicted octanol–water partition coefficient (Wildman–Crippen LogP) is 3.66. The highest BCUT2D eigenvalue weighted by molar-refractivity contribution is 5.88. The number of H-pyrrole nitrogens is 1. The fraction of sp³-hybridized carbons (Fsp3) is 0.385. The Hall–Kier alpha value is -1.24. The van der Waals surface area contributed by atoms with E-state index in [9.17, 15) is 0 Å². The molecule has 14 heavy (non-hydrogen) atoms. The first-order valence-corrected chi connectivity index (χ1v) is 5.22. The van der Waals surface area contributed by atoms with Gasteiger partial charge in [0.1, 0.15) is 0 Å². The number of aromatic nitrogens is 1. The minimum atomic E-state index is 1.11. The Morgan fingerprint density at radius 1 is 1.14 bits per heavy atom. The lowest BCUT2D eigenvalue weighted by Crippen LogP contribution is -1.83. The first-order chi connectivity index (χ1) is 6.65. The van der Waals surface area contributed by atoms with E-state index in [1.165, 1.54) is 33.3 Å². The Morgan fingerprint density at radius 2 is 1.86 bits per heavy atom. The smallest absolute Gasteiger partial charge is 0.0491 e.